The molecule has 5 nitrogen and oxygen atoms in total. The standard InChI is InChI=1S/C15H20N4OS/c1-18-13(10-12(17-18)14-5-3-9-21-14)15(20)19-7-2-4-11(16)6-8-19/h3,5,9-11H,2,4,6-8,16H2,1H3/t11-/m0/s1. The molecule has 0 aliphatic carbocycles. The fourth-order valence-electron chi connectivity index (χ4n) is 2.70. The molecule has 0 unspecified atom stereocenters. The maximum Gasteiger partial charge on any atom is 0.272 e. The van der Waals surface area contributed by atoms with Crippen molar-refractivity contribution in [1.82, 2.24) is 14.7 Å². The van der Waals surface area contributed by atoms with Crippen molar-refractivity contribution in [2.45, 2.75) is 25.3 Å². The van der Waals surface area contributed by atoms with Crippen LogP contribution in [0.15, 0.2) is 23.6 Å². The monoisotopic (exact) mass is 304 g/mol. The number of hydrogen-bond acceptors (Lipinski definition) is 4. The zero-order valence-corrected chi connectivity index (χ0v) is 13.0. The highest BCUT2D eigenvalue weighted by Gasteiger charge is 2.23. The van der Waals surface area contributed by atoms with E-state index < -0.39 is 0 Å². The summed E-state index contributed by atoms with van der Waals surface area (Å²) in [6.45, 7) is 1.52. The number of nitrogens with zero attached hydrogens (tertiary/aromatic N) is 3. The second kappa shape index (κ2) is 5.99. The van der Waals surface area contributed by atoms with Crippen LogP contribution in [0.3, 0.4) is 0 Å². The van der Waals surface area contributed by atoms with Crippen molar-refractivity contribution in [3.05, 3.63) is 29.3 Å². The molecule has 1 amide bonds. The highest BCUT2D eigenvalue weighted by Crippen LogP contribution is 2.24. The number of hydrogen-bond donors (Lipinski definition) is 1. The van der Waals surface area contributed by atoms with Crippen LogP contribution in [0.4, 0.5) is 0 Å². The number of carbonyl (C=O) groups is 1. The minimum Gasteiger partial charge on any atom is -0.337 e. The Bertz CT molecular complexity index is 620. The summed E-state index contributed by atoms with van der Waals surface area (Å²) in [5.74, 6) is 0.0573. The number of likely N-dealkylation sites (tertiary alicyclic amines) is 1. The predicted octanol–water partition coefficient (Wildman–Crippen LogP) is 2.10. The van der Waals surface area contributed by atoms with Gasteiger partial charge in [0.2, 0.25) is 0 Å². The molecular formula is C15H20N4OS. The molecule has 21 heavy (non-hydrogen) atoms. The zero-order valence-electron chi connectivity index (χ0n) is 12.2. The van der Waals surface area contributed by atoms with E-state index in [1.165, 1.54) is 0 Å². The van der Waals surface area contributed by atoms with Gasteiger partial charge >= 0.3 is 0 Å². The number of aryl methyl sites for hydroxylation is 1. The molecule has 0 spiro atoms. The average molecular weight is 304 g/mol. The van der Waals surface area contributed by atoms with Crippen LogP contribution in [-0.4, -0.2) is 39.7 Å². The molecule has 1 aliphatic heterocycles. The van der Waals surface area contributed by atoms with Crippen molar-refractivity contribution in [2.75, 3.05) is 13.1 Å². The van der Waals surface area contributed by atoms with Crippen molar-refractivity contribution in [3.63, 3.8) is 0 Å². The first-order valence-corrected chi connectivity index (χ1v) is 8.16. The lowest BCUT2D eigenvalue weighted by Gasteiger charge is -2.20. The lowest BCUT2D eigenvalue weighted by atomic mass is 10.1. The molecule has 112 valence electrons. The summed E-state index contributed by atoms with van der Waals surface area (Å²) in [5.41, 5.74) is 7.49. The maximum absolute atomic E-state index is 12.7. The maximum atomic E-state index is 12.7. The smallest absolute Gasteiger partial charge is 0.272 e. The van der Waals surface area contributed by atoms with Gasteiger partial charge in [-0.05, 0) is 36.8 Å². The largest absolute Gasteiger partial charge is 0.337 e. The molecule has 1 atom stereocenters. The van der Waals surface area contributed by atoms with Crippen molar-refractivity contribution in [2.24, 2.45) is 12.8 Å². The quantitative estimate of drug-likeness (QED) is 0.924. The van der Waals surface area contributed by atoms with Crippen LogP contribution in [0.5, 0.6) is 0 Å². The first kappa shape index (κ1) is 14.3. The molecule has 3 rings (SSSR count). The summed E-state index contributed by atoms with van der Waals surface area (Å²) in [4.78, 5) is 15.7. The Hall–Kier alpha value is -1.66. The van der Waals surface area contributed by atoms with E-state index in [9.17, 15) is 4.79 Å². The molecule has 0 bridgehead atoms. The summed E-state index contributed by atoms with van der Waals surface area (Å²) in [7, 11) is 1.83. The SMILES string of the molecule is Cn1nc(-c2cccs2)cc1C(=O)N1CCC[C@H](N)CC1. The van der Waals surface area contributed by atoms with Gasteiger partial charge in [-0.2, -0.15) is 5.10 Å². The number of carbonyl (C=O) groups excluding carboxylic acids is 1. The zero-order chi connectivity index (χ0) is 14.8. The topological polar surface area (TPSA) is 64.2 Å². The normalized spacial score (nSPS) is 19.5. The van der Waals surface area contributed by atoms with Crippen LogP contribution in [0.25, 0.3) is 10.6 Å². The van der Waals surface area contributed by atoms with Gasteiger partial charge in [0.15, 0.2) is 0 Å². The van der Waals surface area contributed by atoms with Gasteiger partial charge in [0, 0.05) is 26.2 Å². The Balaban J connectivity index is 1.81. The molecule has 3 heterocycles. The van der Waals surface area contributed by atoms with Crippen molar-refractivity contribution < 1.29 is 4.79 Å². The van der Waals surface area contributed by atoms with Gasteiger partial charge in [0.05, 0.1) is 4.88 Å². The van der Waals surface area contributed by atoms with E-state index in [1.807, 2.05) is 35.5 Å². The number of nitrogens with two attached hydrogens (primary N) is 1. The highest BCUT2D eigenvalue weighted by molar-refractivity contribution is 7.13. The van der Waals surface area contributed by atoms with Gasteiger partial charge in [-0.3, -0.25) is 9.48 Å². The Morgan fingerprint density at radius 3 is 3.05 bits per heavy atom. The van der Waals surface area contributed by atoms with Gasteiger partial charge in [0.1, 0.15) is 11.4 Å². The number of thiophene rings is 1. The minimum absolute atomic E-state index is 0.0573. The molecule has 2 aromatic heterocycles. The van der Waals surface area contributed by atoms with E-state index >= 15 is 0 Å². The Morgan fingerprint density at radius 2 is 2.29 bits per heavy atom. The van der Waals surface area contributed by atoms with Crippen LogP contribution in [0.1, 0.15) is 29.8 Å². The molecule has 0 aromatic carbocycles. The molecule has 2 N–H and O–H groups in total. The molecule has 2 aromatic rings. The van der Waals surface area contributed by atoms with Crippen molar-refractivity contribution in [1.29, 1.82) is 0 Å². The molecule has 1 fully saturated rings. The molecule has 0 saturated carbocycles. The molecule has 6 heteroatoms. The lowest BCUT2D eigenvalue weighted by molar-refractivity contribution is 0.0750. The molecule has 0 radical (unpaired) electrons. The average Bonchev–Trinajstić information content (AvgIpc) is 3.06. The molecule has 1 saturated heterocycles. The summed E-state index contributed by atoms with van der Waals surface area (Å²) >= 11 is 1.63. The van der Waals surface area contributed by atoms with Crippen LogP contribution in [-0.2, 0) is 7.05 Å². The van der Waals surface area contributed by atoms with E-state index in [4.69, 9.17) is 5.73 Å². The van der Waals surface area contributed by atoms with Crippen LogP contribution < -0.4 is 5.73 Å². The Labute approximate surface area is 128 Å². The molecule has 1 aliphatic rings. The van der Waals surface area contributed by atoms with E-state index in [0.29, 0.717) is 5.69 Å². The third-order valence-electron chi connectivity index (χ3n) is 3.93. The Kier molecular flexibility index (Phi) is 4.07. The van der Waals surface area contributed by atoms with E-state index in [-0.39, 0.29) is 11.9 Å². The third kappa shape index (κ3) is 3.01. The van der Waals surface area contributed by atoms with Crippen LogP contribution in [0, 0.1) is 0 Å². The van der Waals surface area contributed by atoms with Gasteiger partial charge in [0.25, 0.3) is 5.91 Å². The highest BCUT2D eigenvalue weighted by atomic mass is 32.1. The van der Waals surface area contributed by atoms with E-state index in [2.05, 4.69) is 5.10 Å². The lowest BCUT2D eigenvalue weighted by Crippen LogP contribution is -2.34. The van der Waals surface area contributed by atoms with Gasteiger partial charge < -0.3 is 10.6 Å². The second-order valence-electron chi connectivity index (χ2n) is 5.50. The van der Waals surface area contributed by atoms with Crippen molar-refractivity contribution >= 4 is 17.2 Å². The number of amides is 1. The molecular weight excluding hydrogens is 284 g/mol. The summed E-state index contributed by atoms with van der Waals surface area (Å²) in [6, 6.07) is 6.12. The number of rotatable bonds is 2. The fourth-order valence-corrected chi connectivity index (χ4v) is 3.38. The fraction of sp³-hybridized carbons (Fsp3) is 0.467. The number of aromatic nitrogens is 2. The van der Waals surface area contributed by atoms with Gasteiger partial charge in [-0.1, -0.05) is 6.07 Å². The Morgan fingerprint density at radius 1 is 1.43 bits per heavy atom. The second-order valence-corrected chi connectivity index (χ2v) is 6.45. The summed E-state index contributed by atoms with van der Waals surface area (Å²) in [6.07, 6.45) is 2.85. The van der Waals surface area contributed by atoms with Crippen LogP contribution in [0.2, 0.25) is 0 Å². The summed E-state index contributed by atoms with van der Waals surface area (Å²) < 4.78 is 1.68. The van der Waals surface area contributed by atoms with Gasteiger partial charge in [-0.25, -0.2) is 0 Å². The van der Waals surface area contributed by atoms with Crippen LogP contribution >= 0.6 is 11.3 Å². The third-order valence-corrected chi connectivity index (χ3v) is 4.82. The first-order valence-electron chi connectivity index (χ1n) is 7.28. The van der Waals surface area contributed by atoms with Crippen molar-refractivity contribution in [3.8, 4) is 10.6 Å². The predicted molar refractivity (Wildman–Crippen MR) is 84.3 cm³/mol. The first-order chi connectivity index (χ1) is 10.1. The minimum atomic E-state index is 0.0573. The van der Waals surface area contributed by atoms with E-state index in [1.54, 1.807) is 16.0 Å². The summed E-state index contributed by atoms with van der Waals surface area (Å²) in [5, 5.41) is 6.48. The van der Waals surface area contributed by atoms with Gasteiger partial charge in [-0.15, -0.1) is 11.3 Å². The van der Waals surface area contributed by atoms with E-state index in [0.717, 1.165) is 42.9 Å².